The summed E-state index contributed by atoms with van der Waals surface area (Å²) in [7, 11) is 0. The highest BCUT2D eigenvalue weighted by Crippen LogP contribution is 2.37. The lowest BCUT2D eigenvalue weighted by Crippen LogP contribution is -2.04. The largest absolute Gasteiger partial charge is 0.491 e. The molecule has 2 aromatic heterocycles. The summed E-state index contributed by atoms with van der Waals surface area (Å²) in [6, 6.07) is 15.7. The van der Waals surface area contributed by atoms with Crippen LogP contribution in [-0.4, -0.2) is 28.3 Å². The van der Waals surface area contributed by atoms with Crippen LogP contribution in [0.25, 0.3) is 11.1 Å². The van der Waals surface area contributed by atoms with Crippen molar-refractivity contribution in [3.63, 3.8) is 0 Å². The number of halogens is 2. The zero-order valence-corrected chi connectivity index (χ0v) is 21.4. The maximum absolute atomic E-state index is 14.2. The van der Waals surface area contributed by atoms with Crippen LogP contribution < -0.4 is 15.8 Å². The number of pyridine rings is 1. The van der Waals surface area contributed by atoms with Crippen LogP contribution in [0.5, 0.6) is 5.75 Å². The fourth-order valence-electron chi connectivity index (χ4n) is 3.36. The molecule has 0 fully saturated rings. The number of thiazole rings is 1. The maximum atomic E-state index is 14.2. The third-order valence-corrected chi connectivity index (χ3v) is 7.13. The van der Waals surface area contributed by atoms with Gasteiger partial charge in [-0.2, -0.15) is 10.5 Å². The monoisotopic (exact) mass is 552 g/mol. The standard InChI is InChI=1S/C25H18ClFN6O2S2/c26-19-2-1-3-20(22(19)27)32-25-31-15(13-37-25)12-36-24-18(11-29)21(17(10-28)23(30)33-24)14-4-6-16(7-5-14)35-9-8-34/h1-7,13,34H,8-9,12H2,(H2,30,33)(H,31,32). The first-order chi connectivity index (χ1) is 17.9. The summed E-state index contributed by atoms with van der Waals surface area (Å²) < 4.78 is 19.6. The SMILES string of the molecule is N#Cc1c(N)nc(SCc2csc(Nc3cccc(Cl)c3F)n2)c(C#N)c1-c1ccc(OCCO)cc1. The molecule has 4 aromatic rings. The van der Waals surface area contributed by atoms with Gasteiger partial charge in [-0.15, -0.1) is 11.3 Å². The second-order valence-corrected chi connectivity index (χ2v) is 9.64. The van der Waals surface area contributed by atoms with Crippen LogP contribution in [0.15, 0.2) is 52.9 Å². The molecule has 0 aliphatic rings. The number of benzene rings is 2. The molecule has 0 amide bonds. The van der Waals surface area contributed by atoms with Crippen molar-refractivity contribution in [1.82, 2.24) is 9.97 Å². The lowest BCUT2D eigenvalue weighted by atomic mass is 9.97. The number of ether oxygens (including phenoxy) is 1. The minimum atomic E-state index is -0.563. The Balaban J connectivity index is 1.58. The topological polar surface area (TPSA) is 141 Å². The van der Waals surface area contributed by atoms with E-state index in [1.165, 1.54) is 29.2 Å². The van der Waals surface area contributed by atoms with Crippen molar-refractivity contribution in [1.29, 1.82) is 10.5 Å². The molecule has 4 N–H and O–H groups in total. The van der Waals surface area contributed by atoms with Gasteiger partial charge in [0.1, 0.15) is 40.9 Å². The van der Waals surface area contributed by atoms with Crippen LogP contribution in [0.1, 0.15) is 16.8 Å². The van der Waals surface area contributed by atoms with Gasteiger partial charge in [-0.3, -0.25) is 0 Å². The Morgan fingerprint density at radius 1 is 1.14 bits per heavy atom. The van der Waals surface area contributed by atoms with Crippen molar-refractivity contribution in [3.05, 3.63) is 75.5 Å². The van der Waals surface area contributed by atoms with Gasteiger partial charge < -0.3 is 20.9 Å². The molecule has 0 saturated carbocycles. The number of nitrogens with one attached hydrogen (secondary N) is 1. The number of thioether (sulfide) groups is 1. The van der Waals surface area contributed by atoms with Gasteiger partial charge in [0.25, 0.3) is 0 Å². The van der Waals surface area contributed by atoms with Crippen molar-refractivity contribution in [2.24, 2.45) is 0 Å². The van der Waals surface area contributed by atoms with E-state index >= 15 is 0 Å². The Labute approximate surface area is 225 Å². The number of nitrogens with zero attached hydrogens (tertiary/aromatic N) is 4. The van der Waals surface area contributed by atoms with Crippen LogP contribution in [0.3, 0.4) is 0 Å². The van der Waals surface area contributed by atoms with E-state index in [9.17, 15) is 14.9 Å². The highest BCUT2D eigenvalue weighted by Gasteiger charge is 2.21. The van der Waals surface area contributed by atoms with Crippen molar-refractivity contribution >= 4 is 51.3 Å². The minimum Gasteiger partial charge on any atom is -0.491 e. The molecule has 0 spiro atoms. The van der Waals surface area contributed by atoms with E-state index in [-0.39, 0.29) is 40.9 Å². The molecular formula is C25H18ClFN6O2S2. The molecule has 0 aliphatic heterocycles. The molecule has 0 radical (unpaired) electrons. The van der Waals surface area contributed by atoms with Gasteiger partial charge in [-0.25, -0.2) is 14.4 Å². The summed E-state index contributed by atoms with van der Waals surface area (Å²) in [5, 5.41) is 34.2. The molecule has 0 saturated heterocycles. The Morgan fingerprint density at radius 3 is 2.59 bits per heavy atom. The molecule has 186 valence electrons. The molecular weight excluding hydrogens is 535 g/mol. The third-order valence-electron chi connectivity index (χ3n) is 5.02. The average Bonchev–Trinajstić information content (AvgIpc) is 3.36. The lowest BCUT2D eigenvalue weighted by Gasteiger charge is -2.13. The molecule has 2 heterocycles. The van der Waals surface area contributed by atoms with E-state index in [0.29, 0.717) is 38.5 Å². The summed E-state index contributed by atoms with van der Waals surface area (Å²) in [6.45, 7) is 0.0333. The Morgan fingerprint density at radius 2 is 1.89 bits per heavy atom. The van der Waals surface area contributed by atoms with E-state index in [4.69, 9.17) is 27.2 Å². The van der Waals surface area contributed by atoms with Crippen molar-refractivity contribution in [2.45, 2.75) is 10.8 Å². The van der Waals surface area contributed by atoms with Crippen molar-refractivity contribution in [2.75, 3.05) is 24.3 Å². The smallest absolute Gasteiger partial charge is 0.187 e. The predicted molar refractivity (Wildman–Crippen MR) is 142 cm³/mol. The third kappa shape index (κ3) is 5.93. The Hall–Kier alpha value is -3.87. The molecule has 8 nitrogen and oxygen atoms in total. The van der Waals surface area contributed by atoms with Gasteiger partial charge in [0.2, 0.25) is 0 Å². The van der Waals surface area contributed by atoms with Gasteiger partial charge in [0, 0.05) is 16.7 Å². The van der Waals surface area contributed by atoms with Gasteiger partial charge >= 0.3 is 0 Å². The first kappa shape index (κ1) is 26.2. The number of nitrogens with two attached hydrogens (primary N) is 1. The lowest BCUT2D eigenvalue weighted by molar-refractivity contribution is 0.201. The number of aliphatic hydroxyl groups is 1. The zero-order valence-electron chi connectivity index (χ0n) is 19.0. The number of anilines is 3. The molecule has 0 atom stereocenters. The first-order valence-electron chi connectivity index (χ1n) is 10.7. The molecule has 2 aromatic carbocycles. The van der Waals surface area contributed by atoms with Crippen LogP contribution in [-0.2, 0) is 5.75 Å². The molecule has 37 heavy (non-hydrogen) atoms. The highest BCUT2D eigenvalue weighted by atomic mass is 35.5. The number of nitrogen functional groups attached to an aromatic ring is 1. The highest BCUT2D eigenvalue weighted by molar-refractivity contribution is 7.98. The minimum absolute atomic E-state index is 0.00831. The summed E-state index contributed by atoms with van der Waals surface area (Å²) in [6.07, 6.45) is 0. The molecule has 0 aliphatic carbocycles. The number of hydrogen-bond donors (Lipinski definition) is 3. The number of nitriles is 2. The fourth-order valence-corrected chi connectivity index (χ4v) is 5.25. The summed E-state index contributed by atoms with van der Waals surface area (Å²) >= 11 is 8.38. The zero-order chi connectivity index (χ0) is 26.4. The number of hydrogen-bond acceptors (Lipinski definition) is 10. The number of aliphatic hydroxyl groups excluding tert-OH is 1. The van der Waals surface area contributed by atoms with Gasteiger partial charge in [-0.05, 0) is 29.8 Å². The summed E-state index contributed by atoms with van der Waals surface area (Å²) in [5.41, 5.74) is 8.30. The van der Waals surface area contributed by atoms with Crippen LogP contribution in [0.2, 0.25) is 5.02 Å². The fraction of sp³-hybridized carbons (Fsp3) is 0.120. The van der Waals surface area contributed by atoms with Crippen molar-refractivity contribution < 1.29 is 14.2 Å². The van der Waals surface area contributed by atoms with E-state index in [1.807, 2.05) is 5.38 Å². The summed E-state index contributed by atoms with van der Waals surface area (Å²) in [5.74, 6) is 0.344. The van der Waals surface area contributed by atoms with Crippen molar-refractivity contribution in [3.8, 4) is 29.0 Å². The predicted octanol–water partition coefficient (Wildman–Crippen LogP) is 5.73. The normalized spacial score (nSPS) is 10.5. The average molecular weight is 553 g/mol. The maximum Gasteiger partial charge on any atom is 0.187 e. The molecule has 0 bridgehead atoms. The van der Waals surface area contributed by atoms with Gasteiger partial charge in [0.15, 0.2) is 10.9 Å². The molecule has 4 rings (SSSR count). The second kappa shape index (κ2) is 11.9. The summed E-state index contributed by atoms with van der Waals surface area (Å²) in [4.78, 5) is 8.78. The second-order valence-electron chi connectivity index (χ2n) is 7.41. The van der Waals surface area contributed by atoms with E-state index in [2.05, 4.69) is 27.4 Å². The first-order valence-corrected chi connectivity index (χ1v) is 13.0. The van der Waals surface area contributed by atoms with Gasteiger partial charge in [0.05, 0.1) is 28.6 Å². The quantitative estimate of drug-likeness (QED) is 0.222. The molecule has 0 unspecified atom stereocenters. The Kier molecular flexibility index (Phi) is 8.43. The Bertz CT molecular complexity index is 1520. The number of rotatable bonds is 9. The van der Waals surface area contributed by atoms with Crippen LogP contribution in [0, 0.1) is 28.5 Å². The van der Waals surface area contributed by atoms with E-state index in [0.717, 1.165) is 0 Å². The van der Waals surface area contributed by atoms with E-state index < -0.39 is 5.82 Å². The molecule has 12 heteroatoms. The van der Waals surface area contributed by atoms with Gasteiger partial charge in [-0.1, -0.05) is 41.6 Å². The van der Waals surface area contributed by atoms with E-state index in [1.54, 1.807) is 36.4 Å². The van der Waals surface area contributed by atoms with Crippen LogP contribution >= 0.6 is 34.7 Å². The number of aromatic nitrogens is 2. The van der Waals surface area contributed by atoms with Crippen LogP contribution in [0.4, 0.5) is 21.0 Å².